The fourth-order valence-corrected chi connectivity index (χ4v) is 2.84. The number of ether oxygens (including phenoxy) is 1. The molecule has 132 valence electrons. The zero-order valence-electron chi connectivity index (χ0n) is 13.2. The van der Waals surface area contributed by atoms with Crippen LogP contribution in [0.3, 0.4) is 0 Å². The highest BCUT2D eigenvalue weighted by Crippen LogP contribution is 2.25. The number of carbonyl (C=O) groups excluding carboxylic acids is 2. The van der Waals surface area contributed by atoms with Crippen LogP contribution in [0.1, 0.15) is 10.4 Å². The van der Waals surface area contributed by atoms with E-state index in [4.69, 9.17) is 20.8 Å². The van der Waals surface area contributed by atoms with Crippen molar-refractivity contribution < 1.29 is 18.7 Å². The predicted octanol–water partition coefficient (Wildman–Crippen LogP) is 4.55. The van der Waals surface area contributed by atoms with E-state index in [0.717, 1.165) is 10.0 Å². The van der Waals surface area contributed by atoms with E-state index >= 15 is 0 Å². The molecular weight excluding hydrogens is 424 g/mol. The third-order valence-electron chi connectivity index (χ3n) is 3.38. The Morgan fingerprint density at radius 3 is 2.62 bits per heavy atom. The quantitative estimate of drug-likeness (QED) is 0.595. The largest absolute Gasteiger partial charge is 0.452 e. The summed E-state index contributed by atoms with van der Waals surface area (Å²) < 4.78 is 11.0. The smallest absolute Gasteiger partial charge is 0.338 e. The van der Waals surface area contributed by atoms with Gasteiger partial charge in [0, 0.05) is 10.0 Å². The minimum atomic E-state index is -0.605. The molecule has 1 amide bonds. The third kappa shape index (κ3) is 4.50. The van der Waals surface area contributed by atoms with Gasteiger partial charge in [-0.25, -0.2) is 9.78 Å². The molecule has 1 heterocycles. The van der Waals surface area contributed by atoms with Gasteiger partial charge in [-0.05, 0) is 30.3 Å². The molecule has 0 saturated carbocycles. The number of amides is 1. The number of benzene rings is 2. The first-order chi connectivity index (χ1) is 12.5. The summed E-state index contributed by atoms with van der Waals surface area (Å²) in [6, 6.07) is 11.6. The van der Waals surface area contributed by atoms with Gasteiger partial charge in [-0.15, -0.1) is 0 Å². The number of esters is 1. The van der Waals surface area contributed by atoms with E-state index in [1.54, 1.807) is 48.7 Å². The lowest BCUT2D eigenvalue weighted by atomic mass is 10.1. The maximum absolute atomic E-state index is 12.0. The average molecular weight is 436 g/mol. The summed E-state index contributed by atoms with van der Waals surface area (Å²) in [5, 5.41) is 2.96. The molecule has 26 heavy (non-hydrogen) atoms. The van der Waals surface area contributed by atoms with Crippen molar-refractivity contribution in [2.24, 2.45) is 0 Å². The molecule has 0 radical (unpaired) electrons. The van der Waals surface area contributed by atoms with Crippen molar-refractivity contribution in [3.8, 4) is 11.3 Å². The van der Waals surface area contributed by atoms with E-state index in [9.17, 15) is 9.59 Å². The van der Waals surface area contributed by atoms with E-state index in [0.29, 0.717) is 22.0 Å². The zero-order valence-corrected chi connectivity index (χ0v) is 15.6. The lowest BCUT2D eigenvalue weighted by molar-refractivity contribution is -0.119. The van der Waals surface area contributed by atoms with Crippen molar-refractivity contribution in [1.82, 2.24) is 4.98 Å². The number of carbonyl (C=O) groups is 2. The maximum atomic E-state index is 12.0. The Hall–Kier alpha value is -2.64. The number of hydrogen-bond acceptors (Lipinski definition) is 5. The van der Waals surface area contributed by atoms with Crippen LogP contribution in [-0.4, -0.2) is 23.5 Å². The SMILES string of the molecule is O=C(COC(=O)c1ccc(-c2cnco2)cc1)Nc1ccc(Br)cc1Cl. The van der Waals surface area contributed by atoms with E-state index < -0.39 is 18.5 Å². The highest BCUT2D eigenvalue weighted by molar-refractivity contribution is 9.10. The molecule has 3 rings (SSSR count). The molecule has 6 nitrogen and oxygen atoms in total. The Kier molecular flexibility index (Phi) is 5.70. The molecule has 0 saturated heterocycles. The van der Waals surface area contributed by atoms with Gasteiger partial charge < -0.3 is 14.5 Å². The summed E-state index contributed by atoms with van der Waals surface area (Å²) in [5.41, 5.74) is 1.54. The fourth-order valence-electron chi connectivity index (χ4n) is 2.12. The van der Waals surface area contributed by atoms with Crippen LogP contribution in [0.5, 0.6) is 0 Å². The lowest BCUT2D eigenvalue weighted by Crippen LogP contribution is -2.21. The number of anilines is 1. The first-order valence-electron chi connectivity index (χ1n) is 7.44. The van der Waals surface area contributed by atoms with Gasteiger partial charge in [0.2, 0.25) is 0 Å². The Labute approximate surface area is 162 Å². The molecule has 0 atom stereocenters. The average Bonchev–Trinajstić information content (AvgIpc) is 3.17. The van der Waals surface area contributed by atoms with Crippen LogP contribution in [0.4, 0.5) is 5.69 Å². The number of rotatable bonds is 5. The standard InChI is InChI=1S/C18H12BrClN2O4/c19-13-5-6-15(14(20)7-13)22-17(23)9-25-18(24)12-3-1-11(2-4-12)16-8-21-10-26-16/h1-8,10H,9H2,(H,22,23). The number of nitrogens with zero attached hydrogens (tertiary/aromatic N) is 1. The van der Waals surface area contributed by atoms with Gasteiger partial charge in [-0.2, -0.15) is 0 Å². The van der Waals surface area contributed by atoms with Crippen molar-refractivity contribution >= 4 is 45.1 Å². The first kappa shape index (κ1) is 18.2. The zero-order chi connectivity index (χ0) is 18.5. The van der Waals surface area contributed by atoms with E-state index in [1.165, 1.54) is 6.39 Å². The van der Waals surface area contributed by atoms with Gasteiger partial charge in [0.15, 0.2) is 18.8 Å². The summed E-state index contributed by atoms with van der Waals surface area (Å²) in [5.74, 6) is -0.498. The van der Waals surface area contributed by atoms with Gasteiger partial charge in [0.05, 0.1) is 22.5 Å². The van der Waals surface area contributed by atoms with Crippen LogP contribution in [0.25, 0.3) is 11.3 Å². The number of halogens is 2. The fraction of sp³-hybridized carbons (Fsp3) is 0.0556. The van der Waals surface area contributed by atoms with E-state index in [2.05, 4.69) is 26.2 Å². The highest BCUT2D eigenvalue weighted by atomic mass is 79.9. The first-order valence-corrected chi connectivity index (χ1v) is 8.61. The monoisotopic (exact) mass is 434 g/mol. The Morgan fingerprint density at radius 2 is 1.96 bits per heavy atom. The molecule has 0 aliphatic carbocycles. The molecule has 3 aromatic rings. The Bertz CT molecular complexity index is 927. The minimum Gasteiger partial charge on any atom is -0.452 e. The van der Waals surface area contributed by atoms with Crippen LogP contribution in [0, 0.1) is 0 Å². The maximum Gasteiger partial charge on any atom is 0.338 e. The summed E-state index contributed by atoms with van der Waals surface area (Å²) in [6.07, 6.45) is 2.90. The van der Waals surface area contributed by atoms with Crippen molar-refractivity contribution in [2.45, 2.75) is 0 Å². The van der Waals surface area contributed by atoms with Crippen LogP contribution >= 0.6 is 27.5 Å². The predicted molar refractivity (Wildman–Crippen MR) is 100 cm³/mol. The van der Waals surface area contributed by atoms with Gasteiger partial charge in [0.1, 0.15) is 0 Å². The molecule has 0 unspecified atom stereocenters. The molecule has 0 bridgehead atoms. The van der Waals surface area contributed by atoms with Crippen molar-refractivity contribution in [3.05, 3.63) is 70.1 Å². The van der Waals surface area contributed by atoms with Gasteiger partial charge in [-0.3, -0.25) is 4.79 Å². The normalized spacial score (nSPS) is 10.4. The molecule has 0 aliphatic rings. The van der Waals surface area contributed by atoms with Crippen molar-refractivity contribution in [3.63, 3.8) is 0 Å². The Balaban J connectivity index is 1.55. The molecule has 0 fully saturated rings. The van der Waals surface area contributed by atoms with Crippen LogP contribution in [-0.2, 0) is 9.53 Å². The molecule has 0 aliphatic heterocycles. The second kappa shape index (κ2) is 8.16. The number of oxazole rings is 1. The number of nitrogens with one attached hydrogen (secondary N) is 1. The van der Waals surface area contributed by atoms with Crippen molar-refractivity contribution in [1.29, 1.82) is 0 Å². The van der Waals surface area contributed by atoms with E-state index in [-0.39, 0.29) is 0 Å². The van der Waals surface area contributed by atoms with Crippen LogP contribution < -0.4 is 5.32 Å². The molecule has 1 N–H and O–H groups in total. The number of hydrogen-bond donors (Lipinski definition) is 1. The van der Waals surface area contributed by atoms with Crippen molar-refractivity contribution in [2.75, 3.05) is 11.9 Å². The number of aromatic nitrogens is 1. The second-order valence-electron chi connectivity index (χ2n) is 5.19. The third-order valence-corrected chi connectivity index (χ3v) is 4.18. The second-order valence-corrected chi connectivity index (χ2v) is 6.51. The van der Waals surface area contributed by atoms with E-state index in [1.807, 2.05) is 0 Å². The molecular formula is C18H12BrClN2O4. The summed E-state index contributed by atoms with van der Waals surface area (Å²) in [7, 11) is 0. The Morgan fingerprint density at radius 1 is 1.19 bits per heavy atom. The molecule has 8 heteroatoms. The summed E-state index contributed by atoms with van der Waals surface area (Å²) >= 11 is 9.30. The van der Waals surface area contributed by atoms with Gasteiger partial charge in [-0.1, -0.05) is 39.7 Å². The lowest BCUT2D eigenvalue weighted by Gasteiger charge is -2.08. The molecule has 2 aromatic carbocycles. The minimum absolute atomic E-state index is 0.322. The molecule has 0 spiro atoms. The van der Waals surface area contributed by atoms with Crippen LogP contribution in [0.15, 0.2) is 63.9 Å². The summed E-state index contributed by atoms with van der Waals surface area (Å²) in [4.78, 5) is 27.8. The summed E-state index contributed by atoms with van der Waals surface area (Å²) in [6.45, 7) is -0.422. The highest BCUT2D eigenvalue weighted by Gasteiger charge is 2.12. The van der Waals surface area contributed by atoms with Gasteiger partial charge in [0.25, 0.3) is 5.91 Å². The van der Waals surface area contributed by atoms with Crippen LogP contribution in [0.2, 0.25) is 5.02 Å². The topological polar surface area (TPSA) is 81.4 Å². The van der Waals surface area contributed by atoms with Gasteiger partial charge >= 0.3 is 5.97 Å². The molecule has 1 aromatic heterocycles.